The van der Waals surface area contributed by atoms with Crippen molar-refractivity contribution in [2.24, 2.45) is 5.92 Å². The topological polar surface area (TPSA) is 29.5 Å². The highest BCUT2D eigenvalue weighted by atomic mass is 16.5. The van der Waals surface area contributed by atoms with Gasteiger partial charge in [-0.3, -0.25) is 0 Å². The summed E-state index contributed by atoms with van der Waals surface area (Å²) in [6.07, 6.45) is 3.81. The molecule has 1 heterocycles. The Labute approximate surface area is 80.6 Å². The maximum absolute atomic E-state index is 9.78. The molecule has 76 valence electrons. The van der Waals surface area contributed by atoms with Gasteiger partial charge in [0.25, 0.3) is 0 Å². The Hall–Kier alpha value is -0.340. The Bertz CT molecular complexity index is 183. The molecule has 0 aliphatic carbocycles. The maximum atomic E-state index is 9.78. The van der Waals surface area contributed by atoms with Crippen molar-refractivity contribution in [3.05, 3.63) is 12.7 Å². The van der Waals surface area contributed by atoms with Crippen molar-refractivity contribution < 1.29 is 9.84 Å². The van der Waals surface area contributed by atoms with Crippen LogP contribution < -0.4 is 0 Å². The largest absolute Gasteiger partial charge is 0.390 e. The lowest BCUT2D eigenvalue weighted by atomic mass is 9.82. The van der Waals surface area contributed by atoms with Crippen molar-refractivity contribution in [3.63, 3.8) is 0 Å². The van der Waals surface area contributed by atoms with Crippen LogP contribution in [0.3, 0.4) is 0 Å². The molecule has 0 amide bonds. The summed E-state index contributed by atoms with van der Waals surface area (Å²) in [7, 11) is 0. The summed E-state index contributed by atoms with van der Waals surface area (Å²) in [4.78, 5) is 0. The van der Waals surface area contributed by atoms with Crippen LogP contribution in [-0.2, 0) is 4.74 Å². The molecule has 1 N–H and O–H groups in total. The van der Waals surface area contributed by atoms with Crippen molar-refractivity contribution in [1.29, 1.82) is 0 Å². The van der Waals surface area contributed by atoms with E-state index in [2.05, 4.69) is 6.58 Å². The number of ether oxygens (including phenoxy) is 1. The molecular weight excluding hydrogens is 164 g/mol. The molecule has 0 aromatic rings. The van der Waals surface area contributed by atoms with E-state index >= 15 is 0 Å². The van der Waals surface area contributed by atoms with Crippen LogP contribution >= 0.6 is 0 Å². The fourth-order valence-electron chi connectivity index (χ4n) is 1.63. The molecule has 2 nitrogen and oxygen atoms in total. The fraction of sp³-hybridized carbons (Fsp3) is 0.818. The summed E-state index contributed by atoms with van der Waals surface area (Å²) in [6, 6.07) is 0. The van der Waals surface area contributed by atoms with Gasteiger partial charge >= 0.3 is 0 Å². The molecule has 1 saturated heterocycles. The lowest BCUT2D eigenvalue weighted by molar-refractivity contribution is -0.111. The van der Waals surface area contributed by atoms with E-state index < -0.39 is 5.60 Å². The van der Waals surface area contributed by atoms with Crippen molar-refractivity contribution in [2.75, 3.05) is 6.61 Å². The predicted octanol–water partition coefficient (Wildman–Crippen LogP) is 2.13. The molecule has 1 aliphatic heterocycles. The third-order valence-corrected chi connectivity index (χ3v) is 3.03. The minimum Gasteiger partial charge on any atom is -0.390 e. The number of rotatable bonds is 2. The Morgan fingerprint density at radius 1 is 1.62 bits per heavy atom. The number of hydrogen-bond acceptors (Lipinski definition) is 2. The summed E-state index contributed by atoms with van der Waals surface area (Å²) in [5.41, 5.74) is -0.801. The van der Waals surface area contributed by atoms with Gasteiger partial charge in [0.1, 0.15) is 0 Å². The van der Waals surface area contributed by atoms with Crippen molar-refractivity contribution in [3.8, 4) is 0 Å². The van der Waals surface area contributed by atoms with Crippen molar-refractivity contribution in [1.82, 2.24) is 0 Å². The van der Waals surface area contributed by atoms with Crippen LogP contribution in [0, 0.1) is 5.92 Å². The normalized spacial score (nSPS) is 35.8. The van der Waals surface area contributed by atoms with E-state index in [1.54, 1.807) is 0 Å². The van der Waals surface area contributed by atoms with E-state index in [0.29, 0.717) is 6.61 Å². The van der Waals surface area contributed by atoms with Crippen LogP contribution in [0.2, 0.25) is 0 Å². The van der Waals surface area contributed by atoms with E-state index in [1.807, 2.05) is 26.8 Å². The first kappa shape index (κ1) is 10.7. The Balaban J connectivity index is 2.53. The van der Waals surface area contributed by atoms with Gasteiger partial charge in [-0.1, -0.05) is 6.08 Å². The highest BCUT2D eigenvalue weighted by molar-refractivity contribution is 4.97. The van der Waals surface area contributed by atoms with Crippen LogP contribution in [0.4, 0.5) is 0 Å². The second kappa shape index (κ2) is 3.43. The van der Waals surface area contributed by atoms with Gasteiger partial charge in [-0.2, -0.15) is 0 Å². The molecule has 0 bridgehead atoms. The van der Waals surface area contributed by atoms with E-state index in [1.165, 1.54) is 0 Å². The van der Waals surface area contributed by atoms with Gasteiger partial charge in [0.05, 0.1) is 17.8 Å². The molecule has 1 fully saturated rings. The zero-order valence-corrected chi connectivity index (χ0v) is 8.84. The molecule has 2 unspecified atom stereocenters. The molecule has 2 atom stereocenters. The van der Waals surface area contributed by atoms with Crippen LogP contribution in [0.1, 0.15) is 33.6 Å². The molecular formula is C11H20O2. The summed E-state index contributed by atoms with van der Waals surface area (Å²) >= 11 is 0. The Morgan fingerprint density at radius 3 is 2.54 bits per heavy atom. The van der Waals surface area contributed by atoms with Crippen LogP contribution in [0.25, 0.3) is 0 Å². The van der Waals surface area contributed by atoms with Gasteiger partial charge in [0.2, 0.25) is 0 Å². The molecule has 0 aromatic carbocycles. The second-order valence-electron chi connectivity index (χ2n) is 4.72. The smallest absolute Gasteiger partial charge is 0.0832 e. The lowest BCUT2D eigenvalue weighted by Gasteiger charge is -2.40. The Morgan fingerprint density at radius 2 is 2.23 bits per heavy atom. The minimum atomic E-state index is -0.623. The lowest BCUT2D eigenvalue weighted by Crippen LogP contribution is -2.43. The zero-order valence-electron chi connectivity index (χ0n) is 8.84. The van der Waals surface area contributed by atoms with Gasteiger partial charge < -0.3 is 9.84 Å². The molecule has 0 spiro atoms. The first-order valence-corrected chi connectivity index (χ1v) is 4.87. The predicted molar refractivity (Wildman–Crippen MR) is 53.6 cm³/mol. The first-order chi connectivity index (χ1) is 5.87. The van der Waals surface area contributed by atoms with E-state index in [-0.39, 0.29) is 11.5 Å². The average molecular weight is 184 g/mol. The van der Waals surface area contributed by atoms with Crippen LogP contribution in [0.15, 0.2) is 12.7 Å². The third-order valence-electron chi connectivity index (χ3n) is 3.03. The molecule has 0 saturated carbocycles. The van der Waals surface area contributed by atoms with Gasteiger partial charge in [0, 0.05) is 5.92 Å². The van der Waals surface area contributed by atoms with E-state index in [4.69, 9.17) is 4.74 Å². The van der Waals surface area contributed by atoms with Crippen molar-refractivity contribution in [2.45, 2.75) is 44.8 Å². The third kappa shape index (κ3) is 2.55. The van der Waals surface area contributed by atoms with Gasteiger partial charge in [0.15, 0.2) is 0 Å². The number of aliphatic hydroxyl groups is 1. The van der Waals surface area contributed by atoms with Crippen molar-refractivity contribution >= 4 is 0 Å². The van der Waals surface area contributed by atoms with E-state index in [9.17, 15) is 5.11 Å². The zero-order chi connectivity index (χ0) is 10.1. The van der Waals surface area contributed by atoms with Gasteiger partial charge in [-0.25, -0.2) is 0 Å². The highest BCUT2D eigenvalue weighted by Gasteiger charge is 2.35. The molecule has 0 radical (unpaired) electrons. The minimum absolute atomic E-state index is 0.179. The molecule has 0 aromatic heterocycles. The molecule has 13 heavy (non-hydrogen) atoms. The monoisotopic (exact) mass is 184 g/mol. The molecule has 1 aliphatic rings. The van der Waals surface area contributed by atoms with Crippen LogP contribution in [-0.4, -0.2) is 22.9 Å². The second-order valence-corrected chi connectivity index (χ2v) is 4.72. The van der Waals surface area contributed by atoms with Crippen LogP contribution in [0.5, 0.6) is 0 Å². The van der Waals surface area contributed by atoms with Gasteiger partial charge in [-0.05, 0) is 33.6 Å². The highest BCUT2D eigenvalue weighted by Crippen LogP contribution is 2.33. The number of hydrogen-bond donors (Lipinski definition) is 1. The quantitative estimate of drug-likeness (QED) is 0.666. The fourth-order valence-corrected chi connectivity index (χ4v) is 1.63. The standard InChI is InChI=1S/C11H20O2/c1-5-11(4)7-6-9(8-13-11)10(2,3)12/h5,9,12H,1,6-8H2,2-4H3. The van der Waals surface area contributed by atoms with E-state index in [0.717, 1.165) is 12.8 Å². The maximum Gasteiger partial charge on any atom is 0.0832 e. The first-order valence-electron chi connectivity index (χ1n) is 4.87. The Kier molecular flexibility index (Phi) is 2.83. The van der Waals surface area contributed by atoms with Gasteiger partial charge in [-0.15, -0.1) is 6.58 Å². The summed E-state index contributed by atoms with van der Waals surface area (Å²) < 4.78 is 5.68. The molecule has 1 rings (SSSR count). The SMILES string of the molecule is C=CC1(C)CCC(C(C)(C)O)CO1. The average Bonchev–Trinajstić information content (AvgIpc) is 2.04. The molecule has 2 heteroatoms. The summed E-state index contributed by atoms with van der Waals surface area (Å²) in [6.45, 7) is 10.1. The summed E-state index contributed by atoms with van der Waals surface area (Å²) in [5, 5.41) is 9.78. The summed E-state index contributed by atoms with van der Waals surface area (Å²) in [5.74, 6) is 0.250.